The van der Waals surface area contributed by atoms with Gasteiger partial charge in [-0.05, 0) is 48.6 Å². The summed E-state index contributed by atoms with van der Waals surface area (Å²) in [7, 11) is 0. The quantitative estimate of drug-likeness (QED) is 0.686. The molecule has 1 N–H and O–H groups in total. The van der Waals surface area contributed by atoms with Gasteiger partial charge in [0.05, 0.1) is 11.4 Å². The monoisotopic (exact) mass is 352 g/mol. The lowest BCUT2D eigenvalue weighted by Crippen LogP contribution is -2.16. The SMILES string of the molecule is CCc1ccc(-c2csc(=Nc3cccc(C)c3)n2CCCO)cc1. The van der Waals surface area contributed by atoms with E-state index in [0.29, 0.717) is 0 Å². The molecule has 25 heavy (non-hydrogen) atoms. The number of aryl methyl sites for hydroxylation is 2. The van der Waals surface area contributed by atoms with E-state index in [1.54, 1.807) is 11.3 Å². The molecular formula is C21H24N2OS. The van der Waals surface area contributed by atoms with Crippen molar-refractivity contribution < 1.29 is 5.11 Å². The molecule has 0 aliphatic heterocycles. The standard InChI is InChI=1S/C21H24N2OS/c1-3-17-8-10-18(11-9-17)20-15-25-21(23(20)12-5-13-24)22-19-7-4-6-16(2)14-19/h4,6-11,14-15,24H,3,5,12-13H2,1-2H3. The third-order valence-electron chi connectivity index (χ3n) is 4.22. The number of aliphatic hydroxyl groups excluding tert-OH is 1. The van der Waals surface area contributed by atoms with Crippen LogP contribution in [0.25, 0.3) is 11.3 Å². The Morgan fingerprint density at radius 3 is 2.60 bits per heavy atom. The van der Waals surface area contributed by atoms with Gasteiger partial charge in [-0.15, -0.1) is 11.3 Å². The highest BCUT2D eigenvalue weighted by molar-refractivity contribution is 7.07. The van der Waals surface area contributed by atoms with Crippen molar-refractivity contribution in [3.63, 3.8) is 0 Å². The molecule has 0 unspecified atom stereocenters. The fraction of sp³-hybridized carbons (Fsp3) is 0.286. The van der Waals surface area contributed by atoms with Gasteiger partial charge in [-0.1, -0.05) is 43.3 Å². The Bertz CT molecular complexity index is 891. The Hall–Kier alpha value is -2.17. The molecule has 0 aliphatic rings. The Balaban J connectivity index is 2.05. The smallest absolute Gasteiger partial charge is 0.190 e. The molecule has 0 aliphatic carbocycles. The normalized spacial score (nSPS) is 11.9. The van der Waals surface area contributed by atoms with Gasteiger partial charge in [-0.2, -0.15) is 0 Å². The lowest BCUT2D eigenvalue weighted by Gasteiger charge is -2.09. The second-order valence-electron chi connectivity index (χ2n) is 6.13. The van der Waals surface area contributed by atoms with E-state index >= 15 is 0 Å². The highest BCUT2D eigenvalue weighted by Crippen LogP contribution is 2.22. The largest absolute Gasteiger partial charge is 0.396 e. The molecule has 2 aromatic carbocycles. The number of rotatable bonds is 6. The maximum Gasteiger partial charge on any atom is 0.190 e. The van der Waals surface area contributed by atoms with Crippen LogP contribution in [0.15, 0.2) is 58.9 Å². The first-order valence-electron chi connectivity index (χ1n) is 8.71. The molecule has 130 valence electrons. The zero-order chi connectivity index (χ0) is 17.6. The second kappa shape index (κ2) is 8.28. The van der Waals surface area contributed by atoms with Gasteiger partial charge >= 0.3 is 0 Å². The molecule has 4 heteroatoms. The van der Waals surface area contributed by atoms with E-state index < -0.39 is 0 Å². The maximum absolute atomic E-state index is 9.27. The predicted octanol–water partition coefficient (Wildman–Crippen LogP) is 4.70. The molecule has 0 saturated heterocycles. The lowest BCUT2D eigenvalue weighted by molar-refractivity contribution is 0.279. The first kappa shape index (κ1) is 17.6. The molecule has 0 bridgehead atoms. The minimum Gasteiger partial charge on any atom is -0.396 e. The summed E-state index contributed by atoms with van der Waals surface area (Å²) in [6.45, 7) is 5.18. The maximum atomic E-state index is 9.27. The fourth-order valence-corrected chi connectivity index (χ4v) is 3.77. The van der Waals surface area contributed by atoms with Gasteiger partial charge in [0.25, 0.3) is 0 Å². The van der Waals surface area contributed by atoms with Crippen molar-refractivity contribution in [2.45, 2.75) is 33.2 Å². The number of hydrogen-bond donors (Lipinski definition) is 1. The summed E-state index contributed by atoms with van der Waals surface area (Å²) in [5, 5.41) is 11.4. The molecule has 0 saturated carbocycles. The molecular weight excluding hydrogens is 328 g/mol. The highest BCUT2D eigenvalue weighted by atomic mass is 32.1. The number of hydrogen-bond acceptors (Lipinski definition) is 3. The van der Waals surface area contributed by atoms with Crippen molar-refractivity contribution in [1.82, 2.24) is 4.57 Å². The van der Waals surface area contributed by atoms with Crippen LogP contribution < -0.4 is 4.80 Å². The minimum atomic E-state index is 0.181. The van der Waals surface area contributed by atoms with Crippen molar-refractivity contribution in [2.75, 3.05) is 6.61 Å². The van der Waals surface area contributed by atoms with Crippen LogP contribution in [0, 0.1) is 6.92 Å². The summed E-state index contributed by atoms with van der Waals surface area (Å²) in [6.07, 6.45) is 1.76. The number of benzene rings is 2. The molecule has 0 amide bonds. The zero-order valence-electron chi connectivity index (χ0n) is 14.8. The summed E-state index contributed by atoms with van der Waals surface area (Å²) in [5.74, 6) is 0. The molecule has 3 rings (SSSR count). The highest BCUT2D eigenvalue weighted by Gasteiger charge is 2.08. The topological polar surface area (TPSA) is 37.5 Å². The predicted molar refractivity (Wildman–Crippen MR) is 105 cm³/mol. The van der Waals surface area contributed by atoms with E-state index in [1.165, 1.54) is 16.7 Å². The van der Waals surface area contributed by atoms with Gasteiger partial charge in [0.1, 0.15) is 0 Å². The Labute approximate surface area is 152 Å². The number of aliphatic hydroxyl groups is 1. The first-order chi connectivity index (χ1) is 12.2. The van der Waals surface area contributed by atoms with Gasteiger partial charge in [0, 0.05) is 18.5 Å². The Morgan fingerprint density at radius 1 is 1.12 bits per heavy atom. The first-order valence-corrected chi connectivity index (χ1v) is 9.59. The van der Waals surface area contributed by atoms with E-state index in [0.717, 1.165) is 35.6 Å². The summed E-state index contributed by atoms with van der Waals surface area (Å²) < 4.78 is 2.21. The third-order valence-corrected chi connectivity index (χ3v) is 5.09. The van der Waals surface area contributed by atoms with Crippen LogP contribution in [0.2, 0.25) is 0 Å². The van der Waals surface area contributed by atoms with Crippen molar-refractivity contribution in [3.8, 4) is 11.3 Å². The number of aromatic nitrogens is 1. The van der Waals surface area contributed by atoms with E-state index in [-0.39, 0.29) is 6.61 Å². The van der Waals surface area contributed by atoms with E-state index in [4.69, 9.17) is 4.99 Å². The Kier molecular flexibility index (Phi) is 5.84. The van der Waals surface area contributed by atoms with Crippen molar-refractivity contribution in [2.24, 2.45) is 4.99 Å². The fourth-order valence-electron chi connectivity index (χ4n) is 2.81. The number of nitrogens with zero attached hydrogens (tertiary/aromatic N) is 2. The summed E-state index contributed by atoms with van der Waals surface area (Å²) in [6, 6.07) is 16.9. The van der Waals surface area contributed by atoms with Crippen molar-refractivity contribution >= 4 is 17.0 Å². The average molecular weight is 353 g/mol. The van der Waals surface area contributed by atoms with Gasteiger partial charge in [0.2, 0.25) is 0 Å². The van der Waals surface area contributed by atoms with Gasteiger partial charge in [0.15, 0.2) is 4.80 Å². The average Bonchev–Trinajstić information content (AvgIpc) is 3.02. The van der Waals surface area contributed by atoms with Gasteiger partial charge < -0.3 is 9.67 Å². The van der Waals surface area contributed by atoms with Crippen LogP contribution in [0.3, 0.4) is 0 Å². The number of thiazole rings is 1. The van der Waals surface area contributed by atoms with Gasteiger partial charge in [-0.25, -0.2) is 4.99 Å². The minimum absolute atomic E-state index is 0.181. The Morgan fingerprint density at radius 2 is 1.92 bits per heavy atom. The van der Waals surface area contributed by atoms with Crippen molar-refractivity contribution in [3.05, 3.63) is 69.8 Å². The molecule has 3 nitrogen and oxygen atoms in total. The second-order valence-corrected chi connectivity index (χ2v) is 6.97. The molecule has 0 atom stereocenters. The summed E-state index contributed by atoms with van der Waals surface area (Å²) in [4.78, 5) is 5.80. The zero-order valence-corrected chi connectivity index (χ0v) is 15.6. The van der Waals surface area contributed by atoms with Crippen molar-refractivity contribution in [1.29, 1.82) is 0 Å². The van der Waals surface area contributed by atoms with Crippen LogP contribution >= 0.6 is 11.3 Å². The molecule has 1 heterocycles. The molecule has 3 aromatic rings. The molecule has 0 fully saturated rings. The van der Waals surface area contributed by atoms with E-state index in [2.05, 4.69) is 60.2 Å². The summed E-state index contributed by atoms with van der Waals surface area (Å²) in [5.41, 5.74) is 5.86. The van der Waals surface area contributed by atoms with E-state index in [9.17, 15) is 5.11 Å². The van der Waals surface area contributed by atoms with Crippen LogP contribution in [0.4, 0.5) is 5.69 Å². The van der Waals surface area contributed by atoms with Crippen LogP contribution in [0.1, 0.15) is 24.5 Å². The molecule has 1 aromatic heterocycles. The van der Waals surface area contributed by atoms with Crippen LogP contribution in [0.5, 0.6) is 0 Å². The molecule has 0 radical (unpaired) electrons. The van der Waals surface area contributed by atoms with Crippen LogP contribution in [-0.2, 0) is 13.0 Å². The third kappa shape index (κ3) is 4.27. The van der Waals surface area contributed by atoms with Crippen LogP contribution in [-0.4, -0.2) is 16.3 Å². The lowest BCUT2D eigenvalue weighted by atomic mass is 10.1. The van der Waals surface area contributed by atoms with Gasteiger partial charge in [-0.3, -0.25) is 0 Å². The molecule has 0 spiro atoms. The van der Waals surface area contributed by atoms with E-state index in [1.807, 2.05) is 12.1 Å². The summed E-state index contributed by atoms with van der Waals surface area (Å²) >= 11 is 1.65.